The van der Waals surface area contributed by atoms with Crippen LogP contribution in [0, 0.1) is 6.92 Å². The van der Waals surface area contributed by atoms with Gasteiger partial charge in [-0.05, 0) is 44.0 Å². The number of fused-ring (bicyclic) bond motifs is 1. The van der Waals surface area contributed by atoms with Gasteiger partial charge in [0.1, 0.15) is 5.82 Å². The molecule has 0 spiro atoms. The molecule has 0 atom stereocenters. The SMILES string of the molecule is Cc1ccc(S(=O)(=O)NCCCCCc2nc3ccccc3[nH]2)cc1. The highest BCUT2D eigenvalue weighted by atomic mass is 32.2. The number of nitrogens with one attached hydrogen (secondary N) is 2. The van der Waals surface area contributed by atoms with Gasteiger partial charge in [0.2, 0.25) is 10.0 Å². The number of benzene rings is 2. The van der Waals surface area contributed by atoms with Crippen LogP contribution in [0.2, 0.25) is 0 Å². The lowest BCUT2D eigenvalue weighted by molar-refractivity contribution is 0.573. The smallest absolute Gasteiger partial charge is 0.240 e. The van der Waals surface area contributed by atoms with Gasteiger partial charge in [0, 0.05) is 13.0 Å². The van der Waals surface area contributed by atoms with Gasteiger partial charge in [-0.1, -0.05) is 36.2 Å². The summed E-state index contributed by atoms with van der Waals surface area (Å²) in [6, 6.07) is 14.9. The number of imidazole rings is 1. The molecule has 1 heterocycles. The fourth-order valence-electron chi connectivity index (χ4n) is 2.73. The molecule has 5 nitrogen and oxygen atoms in total. The van der Waals surface area contributed by atoms with Crippen molar-refractivity contribution >= 4 is 21.1 Å². The van der Waals surface area contributed by atoms with E-state index in [1.54, 1.807) is 12.1 Å². The number of aryl methyl sites for hydroxylation is 2. The molecule has 0 unspecified atom stereocenters. The molecular weight excluding hydrogens is 334 g/mol. The zero-order chi connectivity index (χ0) is 17.7. The summed E-state index contributed by atoms with van der Waals surface area (Å²) in [4.78, 5) is 8.18. The Labute approximate surface area is 148 Å². The fourth-order valence-corrected chi connectivity index (χ4v) is 3.80. The Morgan fingerprint density at radius 1 is 1.00 bits per heavy atom. The van der Waals surface area contributed by atoms with E-state index in [-0.39, 0.29) is 0 Å². The maximum Gasteiger partial charge on any atom is 0.240 e. The molecule has 0 aliphatic heterocycles. The van der Waals surface area contributed by atoms with Gasteiger partial charge in [0.25, 0.3) is 0 Å². The highest BCUT2D eigenvalue weighted by molar-refractivity contribution is 7.89. The van der Waals surface area contributed by atoms with Gasteiger partial charge in [-0.2, -0.15) is 0 Å². The first kappa shape index (κ1) is 17.6. The first-order valence-electron chi connectivity index (χ1n) is 8.54. The molecule has 0 aliphatic carbocycles. The van der Waals surface area contributed by atoms with Crippen LogP contribution in [0.25, 0.3) is 11.0 Å². The Bertz CT molecular complexity index is 898. The molecule has 3 rings (SSSR count). The van der Waals surface area contributed by atoms with E-state index in [0.717, 1.165) is 48.1 Å². The molecule has 0 saturated heterocycles. The van der Waals surface area contributed by atoms with Gasteiger partial charge >= 0.3 is 0 Å². The highest BCUT2D eigenvalue weighted by Crippen LogP contribution is 2.13. The molecule has 0 saturated carbocycles. The summed E-state index contributed by atoms with van der Waals surface area (Å²) in [6.07, 6.45) is 3.62. The third-order valence-corrected chi connectivity index (χ3v) is 5.63. The minimum atomic E-state index is -3.40. The molecule has 2 aromatic carbocycles. The standard InChI is InChI=1S/C19H23N3O2S/c1-15-10-12-16(13-11-15)25(23,24)20-14-6-2-3-9-19-21-17-7-4-5-8-18(17)22-19/h4-5,7-8,10-13,20H,2-3,6,9,14H2,1H3,(H,21,22). The van der Waals surface area contributed by atoms with Crippen molar-refractivity contribution in [1.82, 2.24) is 14.7 Å². The molecule has 0 bridgehead atoms. The second kappa shape index (κ2) is 7.80. The second-order valence-corrected chi connectivity index (χ2v) is 7.99. The molecule has 3 aromatic rings. The predicted molar refractivity (Wildman–Crippen MR) is 100 cm³/mol. The lowest BCUT2D eigenvalue weighted by Gasteiger charge is -2.07. The lowest BCUT2D eigenvalue weighted by Crippen LogP contribution is -2.24. The summed E-state index contributed by atoms with van der Waals surface area (Å²) >= 11 is 0. The third-order valence-electron chi connectivity index (χ3n) is 4.15. The van der Waals surface area contributed by atoms with Gasteiger partial charge < -0.3 is 4.98 Å². The van der Waals surface area contributed by atoms with Crippen molar-refractivity contribution in [3.63, 3.8) is 0 Å². The van der Waals surface area contributed by atoms with E-state index in [2.05, 4.69) is 14.7 Å². The van der Waals surface area contributed by atoms with Crippen molar-refractivity contribution in [3.05, 3.63) is 59.9 Å². The zero-order valence-corrected chi connectivity index (χ0v) is 15.1. The summed E-state index contributed by atoms with van der Waals surface area (Å²) < 4.78 is 27.0. The van der Waals surface area contributed by atoms with Gasteiger partial charge in [-0.15, -0.1) is 0 Å². The highest BCUT2D eigenvalue weighted by Gasteiger charge is 2.12. The Kier molecular flexibility index (Phi) is 5.50. The van der Waals surface area contributed by atoms with Crippen molar-refractivity contribution in [3.8, 4) is 0 Å². The van der Waals surface area contributed by atoms with E-state index < -0.39 is 10.0 Å². The average Bonchev–Trinajstić information content (AvgIpc) is 3.01. The molecular formula is C19H23N3O2S. The van der Waals surface area contributed by atoms with Crippen LogP contribution in [0.4, 0.5) is 0 Å². The predicted octanol–water partition coefficient (Wildman–Crippen LogP) is 3.56. The zero-order valence-electron chi connectivity index (χ0n) is 14.3. The second-order valence-electron chi connectivity index (χ2n) is 6.22. The summed E-state index contributed by atoms with van der Waals surface area (Å²) in [5.74, 6) is 0.987. The van der Waals surface area contributed by atoms with Crippen LogP contribution in [-0.4, -0.2) is 24.9 Å². The summed E-state index contributed by atoms with van der Waals surface area (Å²) in [5.41, 5.74) is 3.09. The minimum Gasteiger partial charge on any atom is -0.342 e. The summed E-state index contributed by atoms with van der Waals surface area (Å²) in [6.45, 7) is 2.39. The van der Waals surface area contributed by atoms with Crippen molar-refractivity contribution in [1.29, 1.82) is 0 Å². The first-order valence-corrected chi connectivity index (χ1v) is 10.0. The Balaban J connectivity index is 1.40. The number of unbranched alkanes of at least 4 members (excludes halogenated alkanes) is 2. The Hall–Kier alpha value is -2.18. The number of hydrogen-bond acceptors (Lipinski definition) is 3. The van der Waals surface area contributed by atoms with E-state index in [0.29, 0.717) is 11.4 Å². The third kappa shape index (κ3) is 4.67. The number of aromatic nitrogens is 2. The van der Waals surface area contributed by atoms with Gasteiger partial charge in [-0.25, -0.2) is 18.1 Å². The number of H-pyrrole nitrogens is 1. The molecule has 0 amide bonds. The van der Waals surface area contributed by atoms with Crippen LogP contribution >= 0.6 is 0 Å². The molecule has 2 N–H and O–H groups in total. The van der Waals surface area contributed by atoms with Gasteiger partial charge in [-0.3, -0.25) is 0 Å². The van der Waals surface area contributed by atoms with E-state index >= 15 is 0 Å². The van der Waals surface area contributed by atoms with Crippen LogP contribution in [-0.2, 0) is 16.4 Å². The number of nitrogens with zero attached hydrogens (tertiary/aromatic N) is 1. The summed E-state index contributed by atoms with van der Waals surface area (Å²) in [5, 5.41) is 0. The molecule has 0 aliphatic rings. The number of sulfonamides is 1. The molecule has 1 aromatic heterocycles. The Morgan fingerprint density at radius 3 is 2.52 bits per heavy atom. The Morgan fingerprint density at radius 2 is 1.76 bits per heavy atom. The lowest BCUT2D eigenvalue weighted by atomic mass is 10.2. The van der Waals surface area contributed by atoms with Crippen LogP contribution < -0.4 is 4.72 Å². The quantitative estimate of drug-likeness (QED) is 0.605. The van der Waals surface area contributed by atoms with Gasteiger partial charge in [0.15, 0.2) is 0 Å². The van der Waals surface area contributed by atoms with E-state index in [1.165, 1.54) is 0 Å². The van der Waals surface area contributed by atoms with Crippen molar-refractivity contribution in [2.45, 2.75) is 37.5 Å². The van der Waals surface area contributed by atoms with Crippen LogP contribution in [0.5, 0.6) is 0 Å². The molecule has 132 valence electrons. The summed E-state index contributed by atoms with van der Waals surface area (Å²) in [7, 11) is -3.40. The average molecular weight is 357 g/mol. The molecule has 0 radical (unpaired) electrons. The number of rotatable bonds is 8. The van der Waals surface area contributed by atoms with Crippen molar-refractivity contribution in [2.24, 2.45) is 0 Å². The molecule has 6 heteroatoms. The van der Waals surface area contributed by atoms with Crippen LogP contribution in [0.15, 0.2) is 53.4 Å². The van der Waals surface area contributed by atoms with E-state index in [4.69, 9.17) is 0 Å². The van der Waals surface area contributed by atoms with Crippen LogP contribution in [0.1, 0.15) is 30.7 Å². The largest absolute Gasteiger partial charge is 0.342 e. The topological polar surface area (TPSA) is 74.8 Å². The van der Waals surface area contributed by atoms with Crippen molar-refractivity contribution in [2.75, 3.05) is 6.54 Å². The number of hydrogen-bond donors (Lipinski definition) is 2. The monoisotopic (exact) mass is 357 g/mol. The number of aromatic amines is 1. The van der Waals surface area contributed by atoms with Crippen LogP contribution in [0.3, 0.4) is 0 Å². The van der Waals surface area contributed by atoms with E-state index in [1.807, 2.05) is 43.3 Å². The van der Waals surface area contributed by atoms with Gasteiger partial charge in [0.05, 0.1) is 15.9 Å². The minimum absolute atomic E-state index is 0.320. The maximum atomic E-state index is 12.2. The first-order chi connectivity index (χ1) is 12.0. The molecule has 25 heavy (non-hydrogen) atoms. The van der Waals surface area contributed by atoms with E-state index in [9.17, 15) is 8.42 Å². The molecule has 0 fully saturated rings. The normalized spacial score (nSPS) is 11.9. The number of para-hydroxylation sites is 2. The maximum absolute atomic E-state index is 12.2. The van der Waals surface area contributed by atoms with Crippen molar-refractivity contribution < 1.29 is 8.42 Å². The fraction of sp³-hybridized carbons (Fsp3) is 0.316.